The third-order valence-corrected chi connectivity index (χ3v) is 5.39. The van der Waals surface area contributed by atoms with Gasteiger partial charge in [0.05, 0.1) is 32.0 Å². The molecular formula is C22H15ClF3N7O3. The maximum atomic E-state index is 14.7. The van der Waals surface area contributed by atoms with Crippen LogP contribution in [0.1, 0.15) is 14.0 Å². The molecule has 0 radical (unpaired) electrons. The van der Waals surface area contributed by atoms with Crippen LogP contribution < -0.4 is 16.7 Å². The molecule has 0 fully saturated rings. The topological polar surface area (TPSA) is 113 Å². The summed E-state index contributed by atoms with van der Waals surface area (Å²) in [4.78, 5) is 30.2. The van der Waals surface area contributed by atoms with Crippen molar-refractivity contribution in [2.45, 2.75) is 13.0 Å². The second kappa shape index (κ2) is 9.00. The quantitative estimate of drug-likeness (QED) is 0.343. The lowest BCUT2D eigenvalue weighted by atomic mass is 10.2. The molecule has 1 N–H and O–H groups in total. The Balaban J connectivity index is 1.74. The number of hydrogen-bond acceptors (Lipinski definition) is 7. The van der Waals surface area contributed by atoms with Crippen molar-refractivity contribution in [3.8, 4) is 0 Å². The second-order valence-corrected chi connectivity index (χ2v) is 8.00. The van der Waals surface area contributed by atoms with Crippen LogP contribution in [0.3, 0.4) is 0 Å². The minimum absolute atomic E-state index is 0.0725. The molecule has 0 amide bonds. The first kappa shape index (κ1) is 20.9. The van der Waals surface area contributed by atoms with Crippen LogP contribution in [0.2, 0.25) is 5.02 Å². The average molecular weight is 520 g/mol. The highest BCUT2D eigenvalue weighted by Gasteiger charge is 2.19. The zero-order valence-electron chi connectivity index (χ0n) is 20.2. The zero-order valence-corrected chi connectivity index (χ0v) is 18.9. The summed E-state index contributed by atoms with van der Waals surface area (Å²) in [6.45, 7) is -3.66. The van der Waals surface area contributed by atoms with E-state index in [2.05, 4.69) is 20.6 Å². The molecule has 3 aromatic heterocycles. The Morgan fingerprint density at radius 1 is 1.11 bits per heavy atom. The summed E-state index contributed by atoms with van der Waals surface area (Å²) >= 11 is 6.34. The van der Waals surface area contributed by atoms with Gasteiger partial charge in [-0.2, -0.15) is 10.1 Å². The minimum atomic E-state index is -3.19. The van der Waals surface area contributed by atoms with Crippen LogP contribution >= 0.6 is 11.6 Å². The van der Waals surface area contributed by atoms with E-state index >= 15 is 0 Å². The smallest absolute Gasteiger partial charge is 0.355 e. The molecule has 36 heavy (non-hydrogen) atoms. The highest BCUT2D eigenvalue weighted by molar-refractivity contribution is 6.34. The molecular weight excluding hydrogens is 503 g/mol. The van der Waals surface area contributed by atoms with Gasteiger partial charge in [-0.15, -0.1) is 0 Å². The van der Waals surface area contributed by atoms with E-state index in [1.165, 1.54) is 29.1 Å². The Hall–Kier alpha value is -4.39. The Bertz CT molecular complexity index is 1820. The number of halogens is 4. The molecule has 0 aliphatic carbocycles. The van der Waals surface area contributed by atoms with Gasteiger partial charge in [0.25, 0.3) is 0 Å². The maximum Gasteiger partial charge on any atom is 0.355 e. The van der Waals surface area contributed by atoms with Gasteiger partial charge in [0.2, 0.25) is 5.95 Å². The van der Waals surface area contributed by atoms with E-state index in [-0.39, 0.29) is 28.5 Å². The molecule has 14 heteroatoms. The molecule has 2 aromatic carbocycles. The number of aromatic nitrogens is 6. The molecule has 5 aromatic rings. The van der Waals surface area contributed by atoms with Crippen LogP contribution in [0, 0.1) is 17.5 Å². The predicted octanol–water partition coefficient (Wildman–Crippen LogP) is 3.19. The number of fused-ring (bicyclic) bond motifs is 1. The van der Waals surface area contributed by atoms with Crippen LogP contribution in [0.25, 0.3) is 10.9 Å². The summed E-state index contributed by atoms with van der Waals surface area (Å²) in [5, 5.41) is 11.1. The average Bonchev–Trinajstić information content (AvgIpc) is 3.47. The zero-order chi connectivity index (χ0) is 27.4. The van der Waals surface area contributed by atoms with Crippen molar-refractivity contribution in [1.82, 2.24) is 29.1 Å². The summed E-state index contributed by atoms with van der Waals surface area (Å²) in [6, 6.07) is 4.77. The Labute approximate surface area is 207 Å². The highest BCUT2D eigenvalue weighted by atomic mass is 35.5. The van der Waals surface area contributed by atoms with Crippen molar-refractivity contribution in [2.75, 3.05) is 5.32 Å². The molecule has 0 aliphatic heterocycles. The number of nitrogens with one attached hydrogen (secondary N) is 1. The van der Waals surface area contributed by atoms with Gasteiger partial charge in [0, 0.05) is 36.3 Å². The first-order valence-corrected chi connectivity index (χ1v) is 10.5. The lowest BCUT2D eigenvalue weighted by Crippen LogP contribution is -2.43. The SMILES string of the molecule is [2H]C([2H])(c1cc(F)c(F)cc1F)n1c(Nc2cc3cn(C)nc3cc2Cl)nc(=O)n(Cc2ccon2)c1=O. The summed E-state index contributed by atoms with van der Waals surface area (Å²) in [5.41, 5.74) is -2.69. The summed E-state index contributed by atoms with van der Waals surface area (Å²) in [7, 11) is 1.68. The van der Waals surface area contributed by atoms with E-state index in [0.29, 0.717) is 20.0 Å². The summed E-state index contributed by atoms with van der Waals surface area (Å²) in [6.07, 6.45) is 2.85. The van der Waals surface area contributed by atoms with Gasteiger partial charge >= 0.3 is 11.4 Å². The Morgan fingerprint density at radius 2 is 1.89 bits per heavy atom. The van der Waals surface area contributed by atoms with Crippen molar-refractivity contribution < 1.29 is 20.4 Å². The number of rotatable bonds is 6. The molecule has 0 aliphatic rings. The van der Waals surface area contributed by atoms with Gasteiger partial charge in [-0.05, 0) is 18.2 Å². The van der Waals surface area contributed by atoms with Gasteiger partial charge in [0.15, 0.2) is 11.6 Å². The van der Waals surface area contributed by atoms with E-state index in [1.54, 1.807) is 13.2 Å². The number of aryl methyl sites for hydroxylation is 1. The molecule has 0 unspecified atom stereocenters. The second-order valence-electron chi connectivity index (χ2n) is 7.59. The lowest BCUT2D eigenvalue weighted by molar-refractivity contribution is 0.407. The van der Waals surface area contributed by atoms with Gasteiger partial charge in [-0.3, -0.25) is 9.25 Å². The largest absolute Gasteiger partial charge is 0.364 e. The van der Waals surface area contributed by atoms with Crippen LogP contribution in [0.15, 0.2) is 56.9 Å². The van der Waals surface area contributed by atoms with E-state index in [0.717, 1.165) is 0 Å². The Morgan fingerprint density at radius 3 is 2.64 bits per heavy atom. The monoisotopic (exact) mass is 519 g/mol. The van der Waals surface area contributed by atoms with Crippen LogP contribution in [0.4, 0.5) is 24.8 Å². The predicted molar refractivity (Wildman–Crippen MR) is 123 cm³/mol. The molecule has 0 bridgehead atoms. The maximum absolute atomic E-state index is 14.7. The fraction of sp³-hybridized carbons (Fsp3) is 0.136. The fourth-order valence-electron chi connectivity index (χ4n) is 3.41. The third-order valence-electron chi connectivity index (χ3n) is 5.07. The molecule has 10 nitrogen and oxygen atoms in total. The Kier molecular flexibility index (Phi) is 5.23. The molecule has 0 atom stereocenters. The third kappa shape index (κ3) is 4.35. The van der Waals surface area contributed by atoms with Gasteiger partial charge in [-0.1, -0.05) is 16.8 Å². The van der Waals surface area contributed by atoms with Gasteiger partial charge in [-0.25, -0.2) is 27.3 Å². The van der Waals surface area contributed by atoms with Crippen molar-refractivity contribution in [3.05, 3.63) is 97.5 Å². The van der Waals surface area contributed by atoms with Gasteiger partial charge in [0.1, 0.15) is 17.8 Å². The van der Waals surface area contributed by atoms with E-state index < -0.39 is 53.4 Å². The molecule has 184 valence electrons. The van der Waals surface area contributed by atoms with Crippen molar-refractivity contribution in [3.63, 3.8) is 0 Å². The molecule has 5 rings (SSSR count). The first-order chi connectivity index (χ1) is 18.0. The van der Waals surface area contributed by atoms with E-state index in [1.807, 2.05) is 0 Å². The molecule has 3 heterocycles. The van der Waals surface area contributed by atoms with E-state index in [9.17, 15) is 22.8 Å². The number of hydrogen-bond donors (Lipinski definition) is 1. The van der Waals surface area contributed by atoms with E-state index in [4.69, 9.17) is 18.9 Å². The molecule has 0 spiro atoms. The minimum Gasteiger partial charge on any atom is -0.364 e. The van der Waals surface area contributed by atoms with Crippen molar-refractivity contribution in [2.24, 2.45) is 7.05 Å². The fourth-order valence-corrected chi connectivity index (χ4v) is 3.61. The summed E-state index contributed by atoms with van der Waals surface area (Å²) < 4.78 is 66.5. The molecule has 0 saturated carbocycles. The number of benzene rings is 2. The van der Waals surface area contributed by atoms with Gasteiger partial charge < -0.3 is 9.84 Å². The number of nitrogens with zero attached hydrogens (tertiary/aromatic N) is 6. The first-order valence-electron chi connectivity index (χ1n) is 11.1. The van der Waals surface area contributed by atoms with Crippen LogP contribution in [0.5, 0.6) is 0 Å². The van der Waals surface area contributed by atoms with Crippen molar-refractivity contribution >= 4 is 34.1 Å². The van der Waals surface area contributed by atoms with Crippen LogP contribution in [-0.2, 0) is 20.1 Å². The standard InChI is InChI=1S/C22H15ClF3N7O3/c1-31-8-12-5-19(14(23)6-18(12)29-31)27-20-28-21(34)33(10-13-2-3-36-30-13)22(35)32(20)9-11-4-16(25)17(26)7-15(11)24/h2-8H,9-10H2,1H3,(H,27,28,34)/i9D2. The van der Waals surface area contributed by atoms with Crippen LogP contribution in [-0.4, -0.2) is 29.1 Å². The molecule has 0 saturated heterocycles. The van der Waals surface area contributed by atoms with Crippen molar-refractivity contribution in [1.29, 1.82) is 0 Å². The number of anilines is 2. The summed E-state index contributed by atoms with van der Waals surface area (Å²) in [5.74, 6) is -5.27. The highest BCUT2D eigenvalue weighted by Crippen LogP contribution is 2.29. The normalized spacial score (nSPS) is 12.6. The lowest BCUT2D eigenvalue weighted by Gasteiger charge is -2.16.